The molecule has 0 unspecified atom stereocenters. The van der Waals surface area contributed by atoms with Crippen molar-refractivity contribution in [2.75, 3.05) is 20.2 Å². The second kappa shape index (κ2) is 12.4. The summed E-state index contributed by atoms with van der Waals surface area (Å²) in [5, 5.41) is 6.57. The Morgan fingerprint density at radius 2 is 1.73 bits per heavy atom. The summed E-state index contributed by atoms with van der Waals surface area (Å²) < 4.78 is 5.38. The first-order chi connectivity index (χ1) is 14.2. The number of methoxy groups -OCH3 is 1. The number of hydrogen-bond acceptors (Lipinski definition) is 3. The van der Waals surface area contributed by atoms with Crippen molar-refractivity contribution in [1.29, 1.82) is 0 Å². The summed E-state index contributed by atoms with van der Waals surface area (Å²) in [5.41, 5.74) is 3.56. The van der Waals surface area contributed by atoms with Gasteiger partial charge in [0.05, 0.1) is 13.7 Å². The summed E-state index contributed by atoms with van der Waals surface area (Å²) in [7, 11) is 1.67. The molecule has 0 spiro atoms. The zero-order valence-corrected chi connectivity index (χ0v) is 20.0. The van der Waals surface area contributed by atoms with Gasteiger partial charge in [0.25, 0.3) is 0 Å². The van der Waals surface area contributed by atoms with Gasteiger partial charge < -0.3 is 20.3 Å². The molecular formula is C23H31IN4O2. The van der Waals surface area contributed by atoms with E-state index < -0.39 is 0 Å². The molecule has 6 nitrogen and oxygen atoms in total. The first-order valence-electron chi connectivity index (χ1n) is 10.2. The minimum absolute atomic E-state index is 0. The lowest BCUT2D eigenvalue weighted by Gasteiger charge is -2.16. The van der Waals surface area contributed by atoms with Gasteiger partial charge in [0.2, 0.25) is 5.91 Å². The highest BCUT2D eigenvalue weighted by molar-refractivity contribution is 14.0. The Morgan fingerprint density at radius 1 is 1.07 bits per heavy atom. The zero-order chi connectivity index (χ0) is 20.5. The molecule has 0 aliphatic carbocycles. The topological polar surface area (TPSA) is 66.0 Å². The smallest absolute Gasteiger partial charge is 0.223 e. The van der Waals surface area contributed by atoms with Crippen molar-refractivity contribution < 1.29 is 9.53 Å². The molecule has 2 aromatic rings. The largest absolute Gasteiger partial charge is 0.496 e. The van der Waals surface area contributed by atoms with E-state index in [9.17, 15) is 4.79 Å². The van der Waals surface area contributed by atoms with Gasteiger partial charge in [-0.2, -0.15) is 0 Å². The SMILES string of the molecule is CCNC(=NCc1ccccc1OC)NCCCC(=O)N1Cc2ccccc2C1.I. The number of ether oxygens (including phenoxy) is 1. The lowest BCUT2D eigenvalue weighted by molar-refractivity contribution is -0.131. The lowest BCUT2D eigenvalue weighted by atomic mass is 10.1. The molecule has 1 amide bonds. The van der Waals surface area contributed by atoms with Crippen LogP contribution in [0.4, 0.5) is 0 Å². The summed E-state index contributed by atoms with van der Waals surface area (Å²) in [4.78, 5) is 19.1. The summed E-state index contributed by atoms with van der Waals surface area (Å²) in [6.45, 7) is 5.50. The van der Waals surface area contributed by atoms with E-state index in [1.165, 1.54) is 11.1 Å². The average molecular weight is 522 g/mol. The number of amides is 1. The molecule has 2 N–H and O–H groups in total. The number of carbonyl (C=O) groups is 1. The fraction of sp³-hybridized carbons (Fsp3) is 0.391. The Labute approximate surface area is 196 Å². The average Bonchev–Trinajstić information content (AvgIpc) is 3.19. The molecule has 162 valence electrons. The highest BCUT2D eigenvalue weighted by Gasteiger charge is 2.22. The number of fused-ring (bicyclic) bond motifs is 1. The van der Waals surface area contributed by atoms with Crippen LogP contribution in [-0.2, 0) is 24.4 Å². The predicted octanol–water partition coefficient (Wildman–Crippen LogP) is 3.69. The molecule has 0 fully saturated rings. The van der Waals surface area contributed by atoms with Crippen molar-refractivity contribution in [1.82, 2.24) is 15.5 Å². The Bertz CT molecular complexity index is 832. The summed E-state index contributed by atoms with van der Waals surface area (Å²) in [6, 6.07) is 16.1. The highest BCUT2D eigenvalue weighted by atomic mass is 127. The van der Waals surface area contributed by atoms with Crippen molar-refractivity contribution >= 4 is 35.8 Å². The van der Waals surface area contributed by atoms with E-state index in [1.807, 2.05) is 48.2 Å². The minimum Gasteiger partial charge on any atom is -0.496 e. The molecule has 1 aliphatic heterocycles. The number of guanidine groups is 1. The third-order valence-electron chi connectivity index (χ3n) is 5.00. The Balaban J connectivity index is 0.00000320. The van der Waals surface area contributed by atoms with Gasteiger partial charge in [-0.25, -0.2) is 4.99 Å². The van der Waals surface area contributed by atoms with Crippen LogP contribution in [0.1, 0.15) is 36.5 Å². The van der Waals surface area contributed by atoms with Gasteiger partial charge in [-0.1, -0.05) is 42.5 Å². The van der Waals surface area contributed by atoms with Gasteiger partial charge in [0, 0.05) is 38.2 Å². The van der Waals surface area contributed by atoms with Crippen molar-refractivity contribution in [2.24, 2.45) is 4.99 Å². The lowest BCUT2D eigenvalue weighted by Crippen LogP contribution is -2.38. The number of para-hydroxylation sites is 1. The van der Waals surface area contributed by atoms with Gasteiger partial charge in [0.15, 0.2) is 5.96 Å². The van der Waals surface area contributed by atoms with E-state index in [2.05, 4.69) is 27.8 Å². The number of rotatable bonds is 8. The van der Waals surface area contributed by atoms with Crippen molar-refractivity contribution in [3.8, 4) is 5.75 Å². The Morgan fingerprint density at radius 3 is 2.40 bits per heavy atom. The van der Waals surface area contributed by atoms with Crippen molar-refractivity contribution in [3.05, 3.63) is 65.2 Å². The number of nitrogens with zero attached hydrogens (tertiary/aromatic N) is 2. The van der Waals surface area contributed by atoms with Crippen LogP contribution in [0.3, 0.4) is 0 Å². The molecule has 3 rings (SSSR count). The van der Waals surface area contributed by atoms with Gasteiger partial charge in [-0.3, -0.25) is 4.79 Å². The van der Waals surface area contributed by atoms with Crippen LogP contribution in [0.2, 0.25) is 0 Å². The molecule has 2 aromatic carbocycles. The summed E-state index contributed by atoms with van der Waals surface area (Å²) >= 11 is 0. The molecule has 7 heteroatoms. The maximum Gasteiger partial charge on any atom is 0.223 e. The molecular weight excluding hydrogens is 491 g/mol. The molecule has 0 saturated heterocycles. The van der Waals surface area contributed by atoms with Gasteiger partial charge in [-0.15, -0.1) is 24.0 Å². The first-order valence-corrected chi connectivity index (χ1v) is 10.2. The number of nitrogens with one attached hydrogen (secondary N) is 2. The minimum atomic E-state index is 0. The van der Waals surface area contributed by atoms with Crippen LogP contribution in [0, 0.1) is 0 Å². The highest BCUT2D eigenvalue weighted by Crippen LogP contribution is 2.23. The number of benzene rings is 2. The molecule has 0 radical (unpaired) electrons. The van der Waals surface area contributed by atoms with E-state index in [0.717, 1.165) is 43.3 Å². The molecule has 0 bridgehead atoms. The third-order valence-corrected chi connectivity index (χ3v) is 5.00. The van der Waals surface area contributed by atoms with Crippen molar-refractivity contribution in [3.63, 3.8) is 0 Å². The molecule has 30 heavy (non-hydrogen) atoms. The number of aliphatic imine (C=N–C) groups is 1. The third kappa shape index (κ3) is 6.62. The summed E-state index contributed by atoms with van der Waals surface area (Å²) in [5.74, 6) is 1.79. The number of carbonyl (C=O) groups excluding carboxylic acids is 1. The van der Waals surface area contributed by atoms with Gasteiger partial charge in [-0.05, 0) is 30.5 Å². The standard InChI is InChI=1S/C23H30N4O2.HI/c1-3-24-23(26-15-18-9-6-7-12-21(18)29-2)25-14-8-13-22(28)27-16-19-10-4-5-11-20(19)17-27;/h4-7,9-12H,3,8,13-17H2,1-2H3,(H2,24,25,26);1H. The molecule has 1 aliphatic rings. The quantitative estimate of drug-likeness (QED) is 0.240. The monoisotopic (exact) mass is 522 g/mol. The predicted molar refractivity (Wildman–Crippen MR) is 131 cm³/mol. The van der Waals surface area contributed by atoms with Gasteiger partial charge in [0.1, 0.15) is 5.75 Å². The molecule has 0 atom stereocenters. The Kier molecular flexibility index (Phi) is 9.93. The fourth-order valence-corrected chi connectivity index (χ4v) is 3.45. The fourth-order valence-electron chi connectivity index (χ4n) is 3.45. The van der Waals surface area contributed by atoms with Crippen molar-refractivity contribution in [2.45, 2.75) is 39.4 Å². The molecule has 1 heterocycles. The normalized spacial score (nSPS) is 12.7. The van der Waals surface area contributed by atoms with Crippen LogP contribution in [0.5, 0.6) is 5.75 Å². The summed E-state index contributed by atoms with van der Waals surface area (Å²) in [6.07, 6.45) is 1.30. The van der Waals surface area contributed by atoms with Crippen LogP contribution < -0.4 is 15.4 Å². The first kappa shape index (κ1) is 24.0. The van der Waals surface area contributed by atoms with Gasteiger partial charge >= 0.3 is 0 Å². The zero-order valence-electron chi connectivity index (χ0n) is 17.7. The van der Waals surface area contributed by atoms with Crippen LogP contribution >= 0.6 is 24.0 Å². The molecule has 0 saturated carbocycles. The maximum atomic E-state index is 12.5. The number of hydrogen-bond donors (Lipinski definition) is 2. The maximum absolute atomic E-state index is 12.5. The van der Waals surface area contributed by atoms with E-state index in [-0.39, 0.29) is 29.9 Å². The van der Waals surface area contributed by atoms with E-state index >= 15 is 0 Å². The number of halogens is 1. The Hall–Kier alpha value is -2.29. The van der Waals surface area contributed by atoms with E-state index in [0.29, 0.717) is 19.5 Å². The van der Waals surface area contributed by atoms with E-state index in [4.69, 9.17) is 4.74 Å². The van der Waals surface area contributed by atoms with Crippen LogP contribution in [-0.4, -0.2) is 37.0 Å². The second-order valence-corrected chi connectivity index (χ2v) is 7.06. The van der Waals surface area contributed by atoms with E-state index in [1.54, 1.807) is 7.11 Å². The van der Waals surface area contributed by atoms with Crippen LogP contribution in [0.15, 0.2) is 53.5 Å². The second-order valence-electron chi connectivity index (χ2n) is 7.06. The van der Waals surface area contributed by atoms with Crippen LogP contribution in [0.25, 0.3) is 0 Å². The molecule has 0 aromatic heterocycles.